The van der Waals surface area contributed by atoms with Gasteiger partial charge in [-0.25, -0.2) is 0 Å². The quantitative estimate of drug-likeness (QED) is 0.717. The lowest BCUT2D eigenvalue weighted by Gasteiger charge is -1.95. The summed E-state index contributed by atoms with van der Waals surface area (Å²) in [4.78, 5) is 10.1. The van der Waals surface area contributed by atoms with Gasteiger partial charge in [0.25, 0.3) is 0 Å². The first kappa shape index (κ1) is 9.69. The smallest absolute Gasteiger partial charge is 0.169 e. The molecule has 72 valence electrons. The second kappa shape index (κ2) is 3.15. The van der Waals surface area contributed by atoms with E-state index >= 15 is 0 Å². The molecule has 7 heteroatoms. The standard InChI is InChI=1S/C6H6F3N3O/c1-2-3-4(12-13)5(11-10-3)6(7,8)9/h2H2,1H3,(H,10,11)/p+1. The molecule has 0 aliphatic carbocycles. The van der Waals surface area contributed by atoms with Crippen molar-refractivity contribution in [2.24, 2.45) is 5.18 Å². The van der Waals surface area contributed by atoms with Crippen LogP contribution in [0.25, 0.3) is 0 Å². The maximum absolute atomic E-state index is 12.1. The molecule has 0 aromatic carbocycles. The Balaban J connectivity index is 3.23. The van der Waals surface area contributed by atoms with Gasteiger partial charge in [-0.3, -0.25) is 0 Å². The van der Waals surface area contributed by atoms with Crippen LogP contribution in [-0.2, 0) is 12.6 Å². The maximum atomic E-state index is 12.1. The van der Waals surface area contributed by atoms with Crippen LogP contribution in [0, 0.1) is 4.91 Å². The van der Waals surface area contributed by atoms with Gasteiger partial charge in [0.1, 0.15) is 5.69 Å². The summed E-state index contributed by atoms with van der Waals surface area (Å²) in [5.74, 6) is 0. The lowest BCUT2D eigenvalue weighted by molar-refractivity contribution is -0.484. The van der Waals surface area contributed by atoms with Gasteiger partial charge in [-0.2, -0.15) is 18.3 Å². The number of rotatable bonds is 2. The van der Waals surface area contributed by atoms with Gasteiger partial charge in [-0.05, 0) is 11.6 Å². The second-order valence-corrected chi connectivity index (χ2v) is 2.39. The highest BCUT2D eigenvalue weighted by Gasteiger charge is 2.44. The van der Waals surface area contributed by atoms with Crippen molar-refractivity contribution in [3.8, 4) is 0 Å². The highest BCUT2D eigenvalue weighted by molar-refractivity contribution is 5.45. The summed E-state index contributed by atoms with van der Waals surface area (Å²) >= 11 is 0. The number of hydrogen-bond acceptors (Lipinski definition) is 2. The first-order valence-corrected chi connectivity index (χ1v) is 3.53. The third-order valence-electron chi connectivity index (χ3n) is 1.59. The molecule has 1 aromatic heterocycles. The van der Waals surface area contributed by atoms with Gasteiger partial charge in [-0.1, -0.05) is 6.92 Å². The highest BCUT2D eigenvalue weighted by atomic mass is 19.4. The van der Waals surface area contributed by atoms with Crippen molar-refractivity contribution in [2.45, 2.75) is 19.5 Å². The third kappa shape index (κ3) is 1.68. The van der Waals surface area contributed by atoms with Gasteiger partial charge in [0, 0.05) is 0 Å². The molecule has 0 aliphatic rings. The lowest BCUT2D eigenvalue weighted by atomic mass is 10.2. The summed E-state index contributed by atoms with van der Waals surface area (Å²) in [6.07, 6.45) is -4.29. The molecule has 1 aromatic rings. The number of nitrogens with zero attached hydrogens (tertiary/aromatic N) is 1. The molecule has 0 bridgehead atoms. The molecular formula is C6H7F3N3O+. The monoisotopic (exact) mass is 194 g/mol. The number of hydrogen-bond donors (Lipinski definition) is 1. The lowest BCUT2D eigenvalue weighted by Crippen LogP contribution is -2.19. The van der Waals surface area contributed by atoms with Crippen molar-refractivity contribution < 1.29 is 18.3 Å². The zero-order chi connectivity index (χ0) is 10.1. The zero-order valence-corrected chi connectivity index (χ0v) is 6.70. The van der Waals surface area contributed by atoms with E-state index in [1.54, 1.807) is 6.92 Å². The van der Waals surface area contributed by atoms with Crippen molar-refractivity contribution in [3.63, 3.8) is 0 Å². The number of nitroso groups, excluding NO2 is 1. The molecule has 13 heavy (non-hydrogen) atoms. The average Bonchev–Trinajstić information content (AvgIpc) is 2.45. The predicted octanol–water partition coefficient (Wildman–Crippen LogP) is 1.81. The number of alkyl halides is 3. The number of nitrogens with one attached hydrogen (secondary N) is 2. The van der Waals surface area contributed by atoms with Crippen LogP contribution < -0.4 is 5.10 Å². The van der Waals surface area contributed by atoms with Crippen LogP contribution in [-0.4, -0.2) is 5.10 Å². The van der Waals surface area contributed by atoms with Crippen LogP contribution in [0.4, 0.5) is 18.9 Å². The molecule has 0 radical (unpaired) electrons. The number of aromatic amines is 2. The Hall–Kier alpha value is -1.40. The molecule has 0 aliphatic heterocycles. The molecule has 1 heterocycles. The first-order chi connectivity index (χ1) is 6.00. The minimum absolute atomic E-state index is 0.155. The van der Waals surface area contributed by atoms with Gasteiger partial charge in [-0.15, -0.1) is 10.0 Å². The van der Waals surface area contributed by atoms with Gasteiger partial charge in [0.2, 0.25) is 5.69 Å². The van der Waals surface area contributed by atoms with Crippen molar-refractivity contribution in [1.82, 2.24) is 5.10 Å². The maximum Gasteiger partial charge on any atom is 0.482 e. The first-order valence-electron chi connectivity index (χ1n) is 3.53. The van der Waals surface area contributed by atoms with Crippen molar-refractivity contribution >= 4 is 5.69 Å². The Morgan fingerprint density at radius 1 is 1.54 bits per heavy atom. The molecule has 0 unspecified atom stereocenters. The molecule has 0 spiro atoms. The highest BCUT2D eigenvalue weighted by Crippen LogP contribution is 2.34. The molecule has 1 rings (SSSR count). The minimum atomic E-state index is -4.58. The van der Waals surface area contributed by atoms with Crippen LogP contribution in [0.2, 0.25) is 0 Å². The minimum Gasteiger partial charge on any atom is -0.169 e. The molecule has 0 fully saturated rings. The summed E-state index contributed by atoms with van der Waals surface area (Å²) in [7, 11) is 0. The van der Waals surface area contributed by atoms with Crippen LogP contribution >= 0.6 is 0 Å². The third-order valence-corrected chi connectivity index (χ3v) is 1.59. The second-order valence-electron chi connectivity index (χ2n) is 2.39. The van der Waals surface area contributed by atoms with Gasteiger partial charge < -0.3 is 0 Å². The molecular weight excluding hydrogens is 187 g/mol. The van der Waals surface area contributed by atoms with Crippen molar-refractivity contribution in [1.29, 1.82) is 0 Å². The molecule has 0 saturated carbocycles. The zero-order valence-electron chi connectivity index (χ0n) is 6.70. The summed E-state index contributed by atoms with van der Waals surface area (Å²) < 4.78 is 36.4. The van der Waals surface area contributed by atoms with Crippen molar-refractivity contribution in [2.75, 3.05) is 0 Å². The Morgan fingerprint density at radius 2 is 2.15 bits per heavy atom. The molecule has 0 amide bonds. The fourth-order valence-corrected chi connectivity index (χ4v) is 0.969. The molecule has 2 N–H and O–H groups in total. The number of H-pyrrole nitrogens is 2. The molecule has 0 saturated heterocycles. The summed E-state index contributed by atoms with van der Waals surface area (Å²) in [6.45, 7) is 1.62. The van der Waals surface area contributed by atoms with E-state index < -0.39 is 17.6 Å². The fourth-order valence-electron chi connectivity index (χ4n) is 0.969. The Morgan fingerprint density at radius 3 is 2.54 bits per heavy atom. The summed E-state index contributed by atoms with van der Waals surface area (Å²) in [5, 5.41) is 6.45. The number of halogens is 3. The summed E-state index contributed by atoms with van der Waals surface area (Å²) in [5.41, 5.74) is -1.56. The average molecular weight is 194 g/mol. The topological polar surface area (TPSA) is 59.4 Å². The molecule has 0 atom stereocenters. The Labute approximate surface area is 71.1 Å². The van der Waals surface area contributed by atoms with Gasteiger partial charge >= 0.3 is 11.9 Å². The van der Waals surface area contributed by atoms with E-state index in [4.69, 9.17) is 0 Å². The van der Waals surface area contributed by atoms with Crippen LogP contribution in [0.3, 0.4) is 0 Å². The SMILES string of the molecule is CCc1[nH][nH+]c(C(F)(F)F)c1N=O. The van der Waals surface area contributed by atoms with Gasteiger partial charge in [0.05, 0.1) is 0 Å². The molecule has 4 nitrogen and oxygen atoms in total. The van der Waals surface area contributed by atoms with Crippen LogP contribution in [0.5, 0.6) is 0 Å². The predicted molar refractivity (Wildman–Crippen MR) is 37.2 cm³/mol. The van der Waals surface area contributed by atoms with E-state index in [1.807, 2.05) is 5.10 Å². The Bertz CT molecular complexity index is 317. The Kier molecular flexibility index (Phi) is 2.35. The summed E-state index contributed by atoms with van der Waals surface area (Å²) in [6, 6.07) is 0. The number of aryl methyl sites for hydroxylation is 1. The van der Waals surface area contributed by atoms with E-state index in [2.05, 4.69) is 10.3 Å². The van der Waals surface area contributed by atoms with E-state index in [-0.39, 0.29) is 12.1 Å². The van der Waals surface area contributed by atoms with Crippen LogP contribution in [0.1, 0.15) is 18.3 Å². The van der Waals surface area contributed by atoms with E-state index in [1.165, 1.54) is 0 Å². The van der Waals surface area contributed by atoms with E-state index in [9.17, 15) is 18.1 Å². The van der Waals surface area contributed by atoms with E-state index in [0.29, 0.717) is 0 Å². The largest absolute Gasteiger partial charge is 0.482 e. The number of aromatic nitrogens is 2. The fraction of sp³-hybridized carbons (Fsp3) is 0.500. The van der Waals surface area contributed by atoms with Crippen molar-refractivity contribution in [3.05, 3.63) is 16.3 Å². The van der Waals surface area contributed by atoms with Crippen LogP contribution in [0.15, 0.2) is 5.18 Å². The normalized spacial score (nSPS) is 11.7. The van der Waals surface area contributed by atoms with Gasteiger partial charge in [0.15, 0.2) is 0 Å². The van der Waals surface area contributed by atoms with E-state index in [0.717, 1.165) is 0 Å².